The van der Waals surface area contributed by atoms with Crippen LogP contribution in [0.25, 0.3) is 0 Å². The Kier molecular flexibility index (Phi) is 2.49. The average Bonchev–Trinajstić information content (AvgIpc) is 2.42. The molecule has 0 saturated heterocycles. The monoisotopic (exact) mass is 252 g/mol. The SMILES string of the molecule is COC(=O)c1cccc2c1=c1cc(C(C)=O)ccc1=2. The summed E-state index contributed by atoms with van der Waals surface area (Å²) in [5.74, 6) is -0.331. The maximum Gasteiger partial charge on any atom is 0.338 e. The highest BCUT2D eigenvalue weighted by molar-refractivity contribution is 5.94. The Morgan fingerprint density at radius 3 is 2.47 bits per heavy atom. The Bertz CT molecular complexity index is 895. The number of methoxy groups -OCH3 is 1. The zero-order chi connectivity index (χ0) is 13.6. The van der Waals surface area contributed by atoms with Crippen molar-refractivity contribution in [2.24, 2.45) is 0 Å². The van der Waals surface area contributed by atoms with E-state index in [0.717, 1.165) is 20.9 Å². The molecule has 0 bridgehead atoms. The fraction of sp³-hybridized carbons (Fsp3) is 0.125. The van der Waals surface area contributed by atoms with Crippen molar-refractivity contribution >= 4 is 11.8 Å². The van der Waals surface area contributed by atoms with Crippen LogP contribution in [-0.2, 0) is 4.74 Å². The van der Waals surface area contributed by atoms with Gasteiger partial charge in [0.25, 0.3) is 0 Å². The number of ether oxygens (including phenoxy) is 1. The quantitative estimate of drug-likeness (QED) is 0.520. The van der Waals surface area contributed by atoms with Gasteiger partial charge in [-0.2, -0.15) is 0 Å². The summed E-state index contributed by atoms with van der Waals surface area (Å²) in [5, 5.41) is 3.94. The predicted octanol–water partition coefficient (Wildman–Crippen LogP) is 2.56. The van der Waals surface area contributed by atoms with E-state index in [1.807, 2.05) is 30.3 Å². The minimum Gasteiger partial charge on any atom is -0.465 e. The van der Waals surface area contributed by atoms with Gasteiger partial charge in [-0.3, -0.25) is 4.79 Å². The first-order chi connectivity index (χ1) is 9.13. The van der Waals surface area contributed by atoms with Gasteiger partial charge in [0.2, 0.25) is 0 Å². The topological polar surface area (TPSA) is 43.4 Å². The number of fused-ring (bicyclic) bond motifs is 2. The van der Waals surface area contributed by atoms with Crippen LogP contribution in [0.4, 0.5) is 0 Å². The number of hydrogen-bond acceptors (Lipinski definition) is 3. The molecule has 3 nitrogen and oxygen atoms in total. The van der Waals surface area contributed by atoms with E-state index in [1.165, 1.54) is 14.0 Å². The number of hydrogen-bond donors (Lipinski definition) is 0. The van der Waals surface area contributed by atoms with Crippen LogP contribution in [-0.4, -0.2) is 18.9 Å². The molecule has 3 heteroatoms. The summed E-state index contributed by atoms with van der Waals surface area (Å²) < 4.78 is 4.79. The molecule has 0 N–H and O–H groups in total. The third kappa shape index (κ3) is 1.58. The van der Waals surface area contributed by atoms with Gasteiger partial charge in [-0.25, -0.2) is 4.79 Å². The van der Waals surface area contributed by atoms with E-state index in [1.54, 1.807) is 6.07 Å². The lowest BCUT2D eigenvalue weighted by atomic mass is 9.95. The molecule has 1 aliphatic carbocycles. The van der Waals surface area contributed by atoms with Crippen LogP contribution in [0.15, 0.2) is 36.4 Å². The minimum absolute atomic E-state index is 0.0202. The Morgan fingerprint density at radius 2 is 1.79 bits per heavy atom. The van der Waals surface area contributed by atoms with Crippen molar-refractivity contribution in [2.45, 2.75) is 6.92 Å². The molecule has 19 heavy (non-hydrogen) atoms. The normalized spacial score (nSPS) is 11.1. The molecule has 0 atom stereocenters. The molecule has 3 rings (SSSR count). The summed E-state index contributed by atoms with van der Waals surface area (Å²) in [6.45, 7) is 1.54. The van der Waals surface area contributed by atoms with Crippen LogP contribution >= 0.6 is 0 Å². The Hall–Kier alpha value is -2.42. The largest absolute Gasteiger partial charge is 0.465 e. The van der Waals surface area contributed by atoms with E-state index in [9.17, 15) is 9.59 Å². The Labute approximate surface area is 109 Å². The molecule has 0 aromatic heterocycles. The molecule has 0 saturated carbocycles. The molecular formula is C16H12O3. The highest BCUT2D eigenvalue weighted by Crippen LogP contribution is 2.18. The molecular weight excluding hydrogens is 240 g/mol. The first kappa shape index (κ1) is 11.7. The summed E-state index contributed by atoms with van der Waals surface area (Å²) in [6, 6.07) is 11.1. The summed E-state index contributed by atoms with van der Waals surface area (Å²) in [6.07, 6.45) is 0. The number of esters is 1. The van der Waals surface area contributed by atoms with E-state index in [2.05, 4.69) is 0 Å². The van der Waals surface area contributed by atoms with E-state index in [4.69, 9.17) is 4.74 Å². The van der Waals surface area contributed by atoms with Gasteiger partial charge < -0.3 is 4.74 Å². The molecule has 94 valence electrons. The Balaban J connectivity index is 2.41. The summed E-state index contributed by atoms with van der Waals surface area (Å²) in [4.78, 5) is 23.2. The van der Waals surface area contributed by atoms with Crippen LogP contribution in [0.3, 0.4) is 0 Å². The number of carbonyl (C=O) groups excluding carboxylic acids is 2. The zero-order valence-corrected chi connectivity index (χ0v) is 10.7. The smallest absolute Gasteiger partial charge is 0.338 e. The van der Waals surface area contributed by atoms with E-state index < -0.39 is 0 Å². The van der Waals surface area contributed by atoms with Crippen LogP contribution in [0.2, 0.25) is 0 Å². The second-order valence-electron chi connectivity index (χ2n) is 4.54. The molecule has 2 aromatic rings. The summed E-state index contributed by atoms with van der Waals surface area (Å²) in [7, 11) is 1.37. The molecule has 0 unspecified atom stereocenters. The van der Waals surface area contributed by atoms with Gasteiger partial charge in [0.1, 0.15) is 0 Å². The van der Waals surface area contributed by atoms with Crippen molar-refractivity contribution < 1.29 is 14.3 Å². The van der Waals surface area contributed by atoms with Gasteiger partial charge in [0, 0.05) is 10.8 Å². The molecule has 2 aromatic carbocycles. The molecule has 0 heterocycles. The maximum atomic E-state index is 11.8. The molecule has 0 aliphatic heterocycles. The third-order valence-corrected chi connectivity index (χ3v) is 3.46. The summed E-state index contributed by atoms with van der Waals surface area (Å²) >= 11 is 0. The number of Topliss-reactive ketones (excluding diaryl/α,β-unsaturated/α-hetero) is 1. The van der Waals surface area contributed by atoms with E-state index >= 15 is 0 Å². The minimum atomic E-state index is -0.351. The van der Waals surface area contributed by atoms with Gasteiger partial charge >= 0.3 is 5.97 Å². The number of rotatable bonds is 2. The first-order valence-corrected chi connectivity index (χ1v) is 6.00. The maximum absolute atomic E-state index is 11.8. The zero-order valence-electron chi connectivity index (χ0n) is 10.7. The van der Waals surface area contributed by atoms with E-state index in [-0.39, 0.29) is 11.8 Å². The molecule has 0 radical (unpaired) electrons. The Morgan fingerprint density at radius 1 is 1.00 bits per heavy atom. The molecule has 1 aliphatic rings. The van der Waals surface area contributed by atoms with Crippen molar-refractivity contribution in [3.8, 4) is 0 Å². The molecule has 0 spiro atoms. The van der Waals surface area contributed by atoms with Crippen molar-refractivity contribution in [3.63, 3.8) is 0 Å². The fourth-order valence-electron chi connectivity index (χ4n) is 2.49. The number of benzene rings is 2. The highest BCUT2D eigenvalue weighted by atomic mass is 16.5. The first-order valence-electron chi connectivity index (χ1n) is 6.00. The van der Waals surface area contributed by atoms with Crippen LogP contribution in [0, 0.1) is 20.9 Å². The fourth-order valence-corrected chi connectivity index (χ4v) is 2.49. The third-order valence-electron chi connectivity index (χ3n) is 3.46. The lowest BCUT2D eigenvalue weighted by Gasteiger charge is -2.09. The molecule has 0 amide bonds. The number of carbonyl (C=O) groups is 2. The van der Waals surface area contributed by atoms with Gasteiger partial charge in [-0.1, -0.05) is 24.3 Å². The van der Waals surface area contributed by atoms with Gasteiger partial charge in [0.05, 0.1) is 12.7 Å². The number of ketones is 1. The van der Waals surface area contributed by atoms with Crippen molar-refractivity contribution in [1.82, 2.24) is 0 Å². The second kappa shape index (κ2) is 4.05. The average molecular weight is 252 g/mol. The molecule has 0 fully saturated rings. The van der Waals surface area contributed by atoms with Crippen molar-refractivity contribution in [1.29, 1.82) is 0 Å². The lowest BCUT2D eigenvalue weighted by Crippen LogP contribution is -2.07. The van der Waals surface area contributed by atoms with Crippen LogP contribution in [0.1, 0.15) is 27.6 Å². The second-order valence-corrected chi connectivity index (χ2v) is 4.54. The van der Waals surface area contributed by atoms with Crippen LogP contribution in [0.5, 0.6) is 0 Å². The van der Waals surface area contributed by atoms with Gasteiger partial charge in [-0.05, 0) is 34.7 Å². The highest BCUT2D eigenvalue weighted by Gasteiger charge is 2.13. The summed E-state index contributed by atoms with van der Waals surface area (Å²) in [5.41, 5.74) is 1.21. The lowest BCUT2D eigenvalue weighted by molar-refractivity contribution is 0.0599. The van der Waals surface area contributed by atoms with Crippen molar-refractivity contribution in [2.75, 3.05) is 7.11 Å². The predicted molar refractivity (Wildman–Crippen MR) is 69.6 cm³/mol. The standard InChI is InChI=1S/C16H12O3/c1-9(17)10-6-7-11-12-4-3-5-13(16(18)19-2)15(12)14(11)8-10/h3-8H,1-2H3. The van der Waals surface area contributed by atoms with E-state index in [0.29, 0.717) is 11.1 Å². The van der Waals surface area contributed by atoms with Gasteiger partial charge in [0.15, 0.2) is 5.78 Å². The van der Waals surface area contributed by atoms with Crippen LogP contribution < -0.4 is 0 Å². The van der Waals surface area contributed by atoms with Gasteiger partial charge in [-0.15, -0.1) is 0 Å². The van der Waals surface area contributed by atoms with Crippen molar-refractivity contribution in [3.05, 3.63) is 68.4 Å².